The van der Waals surface area contributed by atoms with Crippen LogP contribution in [0.5, 0.6) is 5.75 Å². The van der Waals surface area contributed by atoms with Crippen LogP contribution in [0.4, 0.5) is 0 Å². The first kappa shape index (κ1) is 15.5. The smallest absolute Gasteiger partial charge is 0.194 e. The zero-order valence-electron chi connectivity index (χ0n) is 12.6. The zero-order chi connectivity index (χ0) is 15.4. The summed E-state index contributed by atoms with van der Waals surface area (Å²) in [5.74, 6) is 0.738. The number of ether oxygens (including phenoxy) is 1. The number of aliphatic hydroxyl groups is 1. The Morgan fingerprint density at radius 2 is 2.19 bits per heavy atom. The molecule has 0 bridgehead atoms. The van der Waals surface area contributed by atoms with Crippen molar-refractivity contribution < 1.29 is 24.4 Å². The van der Waals surface area contributed by atoms with E-state index in [1.54, 1.807) is 12.1 Å². The molecule has 1 atom stereocenters. The number of para-hydroxylation sites is 1. The molecule has 0 saturated carbocycles. The van der Waals surface area contributed by atoms with Gasteiger partial charge in [0.25, 0.3) is 0 Å². The van der Waals surface area contributed by atoms with Crippen LogP contribution >= 0.6 is 0 Å². The Morgan fingerprint density at radius 3 is 2.86 bits per heavy atom. The molecule has 0 aliphatic carbocycles. The second kappa shape index (κ2) is 6.74. The van der Waals surface area contributed by atoms with Crippen molar-refractivity contribution in [3.05, 3.63) is 30.0 Å². The number of quaternary nitrogens is 1. The molecule has 21 heavy (non-hydrogen) atoms. The maximum absolute atomic E-state index is 11.4. The third-order valence-electron chi connectivity index (χ3n) is 3.17. The molecule has 0 spiro atoms. The molecular formula is C16H22NO4+. The Bertz CT molecular complexity index is 618. The molecule has 1 aromatic heterocycles. The van der Waals surface area contributed by atoms with Gasteiger partial charge in [-0.15, -0.1) is 0 Å². The molecule has 0 fully saturated rings. The molecule has 1 aromatic carbocycles. The lowest BCUT2D eigenvalue weighted by Gasteiger charge is -2.12. The Morgan fingerprint density at radius 1 is 1.43 bits per heavy atom. The largest absolute Gasteiger partial charge is 0.487 e. The molecule has 0 aliphatic rings. The van der Waals surface area contributed by atoms with Gasteiger partial charge in [-0.1, -0.05) is 12.1 Å². The predicted molar refractivity (Wildman–Crippen MR) is 79.6 cm³/mol. The number of benzene rings is 1. The van der Waals surface area contributed by atoms with Crippen molar-refractivity contribution in [1.82, 2.24) is 0 Å². The van der Waals surface area contributed by atoms with Crippen molar-refractivity contribution in [3.63, 3.8) is 0 Å². The van der Waals surface area contributed by atoms with E-state index in [1.165, 1.54) is 6.92 Å². The number of aliphatic hydroxyl groups excluding tert-OH is 1. The van der Waals surface area contributed by atoms with Crippen molar-refractivity contribution in [2.75, 3.05) is 13.2 Å². The fourth-order valence-electron chi connectivity index (χ4n) is 2.01. The average molecular weight is 292 g/mol. The fourth-order valence-corrected chi connectivity index (χ4v) is 2.01. The van der Waals surface area contributed by atoms with Gasteiger partial charge < -0.3 is 19.6 Å². The van der Waals surface area contributed by atoms with Gasteiger partial charge in [0.1, 0.15) is 19.3 Å². The number of fused-ring (bicyclic) bond motifs is 1. The summed E-state index contributed by atoms with van der Waals surface area (Å²) in [5.41, 5.74) is 0.544. The van der Waals surface area contributed by atoms with Crippen LogP contribution in [0.2, 0.25) is 0 Å². The van der Waals surface area contributed by atoms with E-state index in [0.29, 0.717) is 29.7 Å². The topological polar surface area (TPSA) is 76.3 Å². The molecule has 2 aromatic rings. The summed E-state index contributed by atoms with van der Waals surface area (Å²) in [5, 5.41) is 12.8. The van der Waals surface area contributed by atoms with Gasteiger partial charge in [0.05, 0.1) is 6.04 Å². The summed E-state index contributed by atoms with van der Waals surface area (Å²) < 4.78 is 11.2. The van der Waals surface area contributed by atoms with Gasteiger partial charge in [-0.2, -0.15) is 0 Å². The van der Waals surface area contributed by atoms with Gasteiger partial charge in [0.15, 0.2) is 22.9 Å². The minimum Gasteiger partial charge on any atom is -0.487 e. The van der Waals surface area contributed by atoms with Crippen molar-refractivity contribution in [1.29, 1.82) is 0 Å². The predicted octanol–water partition coefficient (Wildman–Crippen LogP) is 1.35. The SMILES string of the molecule is CC(=O)c1cc2cccc(OC[C@@H](O)C[NH2+]C(C)C)c2o1. The molecule has 5 heteroatoms. The molecular weight excluding hydrogens is 270 g/mol. The van der Waals surface area contributed by atoms with E-state index in [2.05, 4.69) is 19.2 Å². The van der Waals surface area contributed by atoms with Crippen LogP contribution < -0.4 is 10.1 Å². The van der Waals surface area contributed by atoms with Gasteiger partial charge in [0, 0.05) is 12.3 Å². The number of hydrogen-bond donors (Lipinski definition) is 2. The van der Waals surface area contributed by atoms with Crippen molar-refractivity contribution in [2.24, 2.45) is 0 Å². The standard InChI is InChI=1S/C16H21NO4/c1-10(2)17-8-13(19)9-20-14-6-4-5-12-7-15(11(3)18)21-16(12)14/h4-7,10,13,17,19H,8-9H2,1-3H3/p+1/t13-/m0/s1. The maximum atomic E-state index is 11.4. The number of ketones is 1. The Labute approximate surface area is 123 Å². The van der Waals surface area contributed by atoms with Crippen LogP contribution in [-0.4, -0.2) is 36.2 Å². The highest BCUT2D eigenvalue weighted by atomic mass is 16.5. The van der Waals surface area contributed by atoms with Gasteiger partial charge in [0.2, 0.25) is 0 Å². The first-order valence-electron chi connectivity index (χ1n) is 7.15. The third-order valence-corrected chi connectivity index (χ3v) is 3.17. The number of carbonyl (C=O) groups excluding carboxylic acids is 1. The molecule has 5 nitrogen and oxygen atoms in total. The van der Waals surface area contributed by atoms with Crippen LogP contribution in [0.3, 0.4) is 0 Å². The molecule has 0 radical (unpaired) electrons. The van der Waals surface area contributed by atoms with E-state index in [9.17, 15) is 9.90 Å². The van der Waals surface area contributed by atoms with Crippen molar-refractivity contribution in [2.45, 2.75) is 32.9 Å². The van der Waals surface area contributed by atoms with Crippen LogP contribution in [0.15, 0.2) is 28.7 Å². The summed E-state index contributed by atoms with van der Waals surface area (Å²) in [6.45, 7) is 6.38. The van der Waals surface area contributed by atoms with Gasteiger partial charge in [-0.05, 0) is 26.0 Å². The lowest BCUT2D eigenvalue weighted by Crippen LogP contribution is -2.90. The van der Waals surface area contributed by atoms with Crippen LogP contribution in [0.25, 0.3) is 11.0 Å². The average Bonchev–Trinajstić information content (AvgIpc) is 2.87. The highest BCUT2D eigenvalue weighted by molar-refractivity contribution is 5.97. The first-order valence-corrected chi connectivity index (χ1v) is 7.15. The molecule has 2 rings (SSSR count). The molecule has 0 amide bonds. The van der Waals surface area contributed by atoms with E-state index in [0.717, 1.165) is 5.39 Å². The van der Waals surface area contributed by atoms with Gasteiger partial charge in [-0.3, -0.25) is 4.79 Å². The summed E-state index contributed by atoms with van der Waals surface area (Å²) in [4.78, 5) is 11.4. The first-order chi connectivity index (χ1) is 9.97. The Kier molecular flexibility index (Phi) is 4.98. The number of carbonyl (C=O) groups is 1. The Hall–Kier alpha value is -1.85. The van der Waals surface area contributed by atoms with E-state index >= 15 is 0 Å². The molecule has 3 N–H and O–H groups in total. The molecule has 114 valence electrons. The lowest BCUT2D eigenvalue weighted by molar-refractivity contribution is -0.688. The second-order valence-electron chi connectivity index (χ2n) is 5.52. The minimum absolute atomic E-state index is 0.122. The number of hydrogen-bond acceptors (Lipinski definition) is 4. The van der Waals surface area contributed by atoms with Crippen LogP contribution in [0, 0.1) is 0 Å². The minimum atomic E-state index is -0.551. The van der Waals surface area contributed by atoms with Gasteiger partial charge >= 0.3 is 0 Å². The highest BCUT2D eigenvalue weighted by Crippen LogP contribution is 2.28. The molecule has 0 saturated heterocycles. The summed E-state index contributed by atoms with van der Waals surface area (Å²) in [7, 11) is 0. The summed E-state index contributed by atoms with van der Waals surface area (Å²) in [6.07, 6.45) is -0.551. The fraction of sp³-hybridized carbons (Fsp3) is 0.438. The van der Waals surface area contributed by atoms with E-state index in [4.69, 9.17) is 9.15 Å². The van der Waals surface area contributed by atoms with E-state index in [-0.39, 0.29) is 12.4 Å². The normalized spacial score (nSPS) is 12.8. The molecule has 0 aliphatic heterocycles. The molecule has 0 unspecified atom stereocenters. The van der Waals surface area contributed by atoms with Crippen molar-refractivity contribution >= 4 is 16.8 Å². The van der Waals surface area contributed by atoms with E-state index in [1.807, 2.05) is 12.1 Å². The van der Waals surface area contributed by atoms with E-state index < -0.39 is 6.10 Å². The monoisotopic (exact) mass is 292 g/mol. The third kappa shape index (κ3) is 4.06. The summed E-state index contributed by atoms with van der Waals surface area (Å²) in [6, 6.07) is 7.61. The van der Waals surface area contributed by atoms with Gasteiger partial charge in [-0.25, -0.2) is 0 Å². The number of nitrogens with two attached hydrogens (primary N) is 1. The number of rotatable bonds is 7. The lowest BCUT2D eigenvalue weighted by atomic mass is 10.2. The zero-order valence-corrected chi connectivity index (χ0v) is 12.6. The quantitative estimate of drug-likeness (QED) is 0.755. The molecule has 1 heterocycles. The van der Waals surface area contributed by atoms with Crippen molar-refractivity contribution in [3.8, 4) is 5.75 Å². The maximum Gasteiger partial charge on any atom is 0.194 e. The number of Topliss-reactive ketones (excluding diaryl/α,β-unsaturated/α-hetero) is 1. The van der Waals surface area contributed by atoms with Crippen LogP contribution in [-0.2, 0) is 0 Å². The second-order valence-corrected chi connectivity index (χ2v) is 5.52. The number of furan rings is 1. The highest BCUT2D eigenvalue weighted by Gasteiger charge is 2.14. The van der Waals surface area contributed by atoms with Crippen LogP contribution in [0.1, 0.15) is 31.3 Å². The Balaban J connectivity index is 2.06. The summed E-state index contributed by atoms with van der Waals surface area (Å²) >= 11 is 0.